The van der Waals surface area contributed by atoms with Crippen molar-refractivity contribution in [2.45, 2.75) is 31.5 Å². The van der Waals surface area contributed by atoms with E-state index in [1.165, 1.54) is 5.56 Å². The lowest BCUT2D eigenvalue weighted by Gasteiger charge is -2.33. The number of ether oxygens (including phenoxy) is 2. The molecule has 1 fully saturated rings. The van der Waals surface area contributed by atoms with Gasteiger partial charge in [-0.15, -0.1) is 0 Å². The predicted molar refractivity (Wildman–Crippen MR) is 99.2 cm³/mol. The molecule has 26 heavy (non-hydrogen) atoms. The average Bonchev–Trinajstić information content (AvgIpc) is 2.70. The number of likely N-dealkylation sites (tertiary alicyclic amines) is 1. The molecule has 0 aromatic heterocycles. The van der Waals surface area contributed by atoms with Crippen molar-refractivity contribution in [2.24, 2.45) is 0 Å². The molecule has 2 heterocycles. The van der Waals surface area contributed by atoms with Crippen LogP contribution in [-0.2, 0) is 11.3 Å². The summed E-state index contributed by atoms with van der Waals surface area (Å²) in [7, 11) is 0. The predicted octanol–water partition coefficient (Wildman–Crippen LogP) is 2.61. The molecule has 2 aromatic carbocycles. The van der Waals surface area contributed by atoms with E-state index in [1.54, 1.807) is 0 Å². The van der Waals surface area contributed by atoms with Gasteiger partial charge in [0.1, 0.15) is 6.61 Å². The van der Waals surface area contributed by atoms with Crippen molar-refractivity contribution < 1.29 is 14.3 Å². The number of nitrogens with one attached hydrogen (secondary N) is 1. The van der Waals surface area contributed by atoms with E-state index in [-0.39, 0.29) is 18.6 Å². The number of para-hydroxylation sites is 2. The molecule has 0 spiro atoms. The second-order valence-electron chi connectivity index (χ2n) is 6.91. The van der Waals surface area contributed by atoms with Crippen LogP contribution in [0.3, 0.4) is 0 Å². The van der Waals surface area contributed by atoms with Crippen LogP contribution in [0.4, 0.5) is 0 Å². The van der Waals surface area contributed by atoms with Gasteiger partial charge in [0, 0.05) is 25.7 Å². The number of amides is 1. The number of carbonyl (C=O) groups excluding carboxylic acids is 1. The van der Waals surface area contributed by atoms with E-state index in [1.807, 2.05) is 30.3 Å². The zero-order chi connectivity index (χ0) is 17.8. The molecule has 2 aliphatic rings. The van der Waals surface area contributed by atoms with E-state index in [4.69, 9.17) is 9.47 Å². The van der Waals surface area contributed by atoms with E-state index in [2.05, 4.69) is 34.5 Å². The Labute approximate surface area is 153 Å². The van der Waals surface area contributed by atoms with E-state index in [9.17, 15) is 4.79 Å². The van der Waals surface area contributed by atoms with Gasteiger partial charge in [-0.25, -0.2) is 0 Å². The summed E-state index contributed by atoms with van der Waals surface area (Å²) in [5.74, 6) is 1.25. The Kier molecular flexibility index (Phi) is 5.07. The fourth-order valence-electron chi connectivity index (χ4n) is 3.52. The monoisotopic (exact) mass is 352 g/mol. The first kappa shape index (κ1) is 16.9. The SMILES string of the molecule is O=C(NC1CCN(Cc2ccccc2)CC1)[C@@H]1COc2ccccc2O1. The number of hydrogen-bond donors (Lipinski definition) is 1. The quantitative estimate of drug-likeness (QED) is 0.919. The largest absolute Gasteiger partial charge is 0.485 e. The third kappa shape index (κ3) is 3.99. The molecule has 1 N–H and O–H groups in total. The van der Waals surface area contributed by atoms with Crippen molar-refractivity contribution in [3.63, 3.8) is 0 Å². The van der Waals surface area contributed by atoms with Crippen molar-refractivity contribution >= 4 is 5.91 Å². The normalized spacial score (nSPS) is 20.5. The molecular weight excluding hydrogens is 328 g/mol. The zero-order valence-corrected chi connectivity index (χ0v) is 14.8. The summed E-state index contributed by atoms with van der Waals surface area (Å²) >= 11 is 0. The molecule has 1 amide bonds. The molecule has 2 aliphatic heterocycles. The van der Waals surface area contributed by atoms with Gasteiger partial charge in [-0.2, -0.15) is 0 Å². The first-order valence-electron chi connectivity index (χ1n) is 9.23. The lowest BCUT2D eigenvalue weighted by molar-refractivity contribution is -0.131. The molecule has 2 aromatic rings. The van der Waals surface area contributed by atoms with Crippen LogP contribution in [0.25, 0.3) is 0 Å². The highest BCUT2D eigenvalue weighted by molar-refractivity contribution is 5.82. The average molecular weight is 352 g/mol. The van der Waals surface area contributed by atoms with Crippen molar-refractivity contribution in [1.29, 1.82) is 0 Å². The maximum atomic E-state index is 12.5. The van der Waals surface area contributed by atoms with Gasteiger partial charge in [0.15, 0.2) is 11.5 Å². The molecule has 0 bridgehead atoms. The Bertz CT molecular complexity index is 742. The van der Waals surface area contributed by atoms with Gasteiger partial charge in [-0.1, -0.05) is 42.5 Å². The van der Waals surface area contributed by atoms with Crippen LogP contribution in [0, 0.1) is 0 Å². The molecule has 5 nitrogen and oxygen atoms in total. The van der Waals surface area contributed by atoms with Crippen LogP contribution >= 0.6 is 0 Å². The van der Waals surface area contributed by atoms with Gasteiger partial charge in [0.25, 0.3) is 5.91 Å². The van der Waals surface area contributed by atoms with E-state index in [0.29, 0.717) is 11.5 Å². The Balaban J connectivity index is 1.25. The fraction of sp³-hybridized carbons (Fsp3) is 0.381. The highest BCUT2D eigenvalue weighted by Gasteiger charge is 2.29. The Hall–Kier alpha value is -2.53. The van der Waals surface area contributed by atoms with Crippen LogP contribution in [0.2, 0.25) is 0 Å². The lowest BCUT2D eigenvalue weighted by Crippen LogP contribution is -2.50. The number of carbonyl (C=O) groups is 1. The number of fused-ring (bicyclic) bond motifs is 1. The fourth-order valence-corrected chi connectivity index (χ4v) is 3.52. The maximum absolute atomic E-state index is 12.5. The molecule has 0 saturated carbocycles. The standard InChI is InChI=1S/C21H24N2O3/c24-21(20-15-25-18-8-4-5-9-19(18)26-20)22-17-10-12-23(13-11-17)14-16-6-2-1-3-7-16/h1-9,17,20H,10-15H2,(H,22,24)/t20-/m0/s1. The van der Waals surface area contributed by atoms with Crippen LogP contribution < -0.4 is 14.8 Å². The minimum atomic E-state index is -0.577. The summed E-state index contributed by atoms with van der Waals surface area (Å²) < 4.78 is 11.4. The van der Waals surface area contributed by atoms with Crippen LogP contribution in [-0.4, -0.2) is 42.6 Å². The topological polar surface area (TPSA) is 50.8 Å². The molecule has 136 valence electrons. The molecule has 4 rings (SSSR count). The van der Waals surface area contributed by atoms with E-state index >= 15 is 0 Å². The highest BCUT2D eigenvalue weighted by Crippen LogP contribution is 2.31. The van der Waals surface area contributed by atoms with Gasteiger partial charge in [0.2, 0.25) is 6.10 Å². The summed E-state index contributed by atoms with van der Waals surface area (Å²) in [4.78, 5) is 15.0. The number of benzene rings is 2. The summed E-state index contributed by atoms with van der Waals surface area (Å²) in [5.41, 5.74) is 1.33. The summed E-state index contributed by atoms with van der Waals surface area (Å²) in [6, 6.07) is 18.2. The number of rotatable bonds is 4. The molecule has 1 saturated heterocycles. The first-order valence-corrected chi connectivity index (χ1v) is 9.23. The maximum Gasteiger partial charge on any atom is 0.264 e. The Morgan fingerprint density at radius 3 is 2.46 bits per heavy atom. The Morgan fingerprint density at radius 1 is 1.00 bits per heavy atom. The third-order valence-corrected chi connectivity index (χ3v) is 4.98. The van der Waals surface area contributed by atoms with Crippen molar-refractivity contribution in [3.05, 3.63) is 60.2 Å². The number of hydrogen-bond acceptors (Lipinski definition) is 4. The van der Waals surface area contributed by atoms with Crippen LogP contribution in [0.5, 0.6) is 11.5 Å². The first-order chi connectivity index (χ1) is 12.8. The molecule has 0 unspecified atom stereocenters. The van der Waals surface area contributed by atoms with Crippen molar-refractivity contribution in [1.82, 2.24) is 10.2 Å². The second kappa shape index (κ2) is 7.79. The molecule has 1 atom stereocenters. The van der Waals surface area contributed by atoms with Gasteiger partial charge >= 0.3 is 0 Å². The molecule has 0 radical (unpaired) electrons. The summed E-state index contributed by atoms with van der Waals surface area (Å²) in [5, 5.41) is 3.13. The summed E-state index contributed by atoms with van der Waals surface area (Å²) in [6.07, 6.45) is 1.35. The van der Waals surface area contributed by atoms with Gasteiger partial charge in [-0.05, 0) is 30.5 Å². The number of piperidine rings is 1. The minimum absolute atomic E-state index is 0.0824. The van der Waals surface area contributed by atoms with Crippen molar-refractivity contribution in [3.8, 4) is 11.5 Å². The van der Waals surface area contributed by atoms with Crippen LogP contribution in [0.15, 0.2) is 54.6 Å². The minimum Gasteiger partial charge on any atom is -0.485 e. The smallest absolute Gasteiger partial charge is 0.264 e. The van der Waals surface area contributed by atoms with Crippen LogP contribution in [0.1, 0.15) is 18.4 Å². The molecular formula is C21H24N2O3. The van der Waals surface area contributed by atoms with Gasteiger partial charge < -0.3 is 14.8 Å². The lowest BCUT2D eigenvalue weighted by atomic mass is 10.0. The zero-order valence-electron chi connectivity index (χ0n) is 14.8. The third-order valence-electron chi connectivity index (χ3n) is 4.98. The second-order valence-corrected chi connectivity index (χ2v) is 6.91. The van der Waals surface area contributed by atoms with E-state index in [0.717, 1.165) is 32.5 Å². The Morgan fingerprint density at radius 2 is 1.69 bits per heavy atom. The molecule has 5 heteroatoms. The molecule has 0 aliphatic carbocycles. The van der Waals surface area contributed by atoms with Crippen molar-refractivity contribution in [2.75, 3.05) is 19.7 Å². The van der Waals surface area contributed by atoms with Gasteiger partial charge in [0.05, 0.1) is 0 Å². The van der Waals surface area contributed by atoms with E-state index < -0.39 is 6.10 Å². The van der Waals surface area contributed by atoms with Gasteiger partial charge in [-0.3, -0.25) is 9.69 Å². The number of nitrogens with zero attached hydrogens (tertiary/aromatic N) is 1. The summed E-state index contributed by atoms with van der Waals surface area (Å²) in [6.45, 7) is 3.21. The highest BCUT2D eigenvalue weighted by atomic mass is 16.6.